The number of nitrogens with zero attached hydrogens (tertiary/aromatic N) is 1. The van der Waals surface area contributed by atoms with Crippen LogP contribution in [0.25, 0.3) is 0 Å². The third-order valence-electron chi connectivity index (χ3n) is 4.38. The summed E-state index contributed by atoms with van der Waals surface area (Å²) in [5.41, 5.74) is 4.19. The Hall–Kier alpha value is -1.94. The molecule has 0 aliphatic carbocycles. The van der Waals surface area contributed by atoms with Gasteiger partial charge in [0.05, 0.1) is 5.69 Å². The zero-order chi connectivity index (χ0) is 16.4. The quantitative estimate of drug-likeness (QED) is 0.820. The maximum atomic E-state index is 12.9. The van der Waals surface area contributed by atoms with Crippen LogP contribution in [0.5, 0.6) is 0 Å². The standard InChI is InChI=1S/C19H22N2OS/c1-4-15-12-21(17-10-5-6-11-18(17)23-15)19(22)20-16-9-7-8-13(2)14(16)3/h5-11,15H,4,12H2,1-3H3,(H,20,22)/t15-/m1/s1. The zero-order valence-corrected chi connectivity index (χ0v) is 14.6. The van der Waals surface area contributed by atoms with Crippen LogP contribution in [0.2, 0.25) is 0 Å². The van der Waals surface area contributed by atoms with E-state index in [1.165, 1.54) is 10.5 Å². The van der Waals surface area contributed by atoms with Gasteiger partial charge in [-0.15, -0.1) is 11.8 Å². The average Bonchev–Trinajstić information content (AvgIpc) is 2.57. The van der Waals surface area contributed by atoms with E-state index in [-0.39, 0.29) is 6.03 Å². The van der Waals surface area contributed by atoms with Crippen molar-refractivity contribution < 1.29 is 4.79 Å². The summed E-state index contributed by atoms with van der Waals surface area (Å²) >= 11 is 1.87. The molecule has 0 aromatic heterocycles. The lowest BCUT2D eigenvalue weighted by atomic mass is 10.1. The number of nitrogens with one attached hydrogen (secondary N) is 1. The molecule has 1 aliphatic heterocycles. The van der Waals surface area contributed by atoms with Crippen molar-refractivity contribution in [2.24, 2.45) is 0 Å². The fourth-order valence-electron chi connectivity index (χ4n) is 2.77. The lowest BCUT2D eigenvalue weighted by molar-refractivity contribution is 0.256. The first-order chi connectivity index (χ1) is 11.1. The van der Waals surface area contributed by atoms with E-state index in [1.807, 2.05) is 53.9 Å². The van der Waals surface area contributed by atoms with Crippen molar-refractivity contribution in [1.29, 1.82) is 0 Å². The average molecular weight is 326 g/mol. The maximum Gasteiger partial charge on any atom is 0.326 e. The van der Waals surface area contributed by atoms with E-state index in [0.29, 0.717) is 5.25 Å². The molecule has 3 nitrogen and oxygen atoms in total. The molecule has 2 amide bonds. The van der Waals surface area contributed by atoms with Crippen molar-refractivity contribution in [2.75, 3.05) is 16.8 Å². The van der Waals surface area contributed by atoms with Crippen molar-refractivity contribution in [3.8, 4) is 0 Å². The number of anilines is 2. The Bertz CT molecular complexity index is 729. The molecule has 2 aromatic rings. The van der Waals surface area contributed by atoms with E-state index < -0.39 is 0 Å². The summed E-state index contributed by atoms with van der Waals surface area (Å²) in [7, 11) is 0. The van der Waals surface area contributed by atoms with Gasteiger partial charge in [0, 0.05) is 22.4 Å². The van der Waals surface area contributed by atoms with Crippen LogP contribution in [0.15, 0.2) is 47.4 Å². The number of amides is 2. The number of fused-ring (bicyclic) bond motifs is 1. The van der Waals surface area contributed by atoms with Gasteiger partial charge in [-0.05, 0) is 49.6 Å². The molecule has 0 spiro atoms. The highest BCUT2D eigenvalue weighted by atomic mass is 32.2. The Balaban J connectivity index is 1.88. The second-order valence-electron chi connectivity index (χ2n) is 5.90. The molecule has 3 rings (SSSR count). The minimum absolute atomic E-state index is 0.0510. The highest BCUT2D eigenvalue weighted by molar-refractivity contribution is 8.00. The molecule has 1 heterocycles. The van der Waals surface area contributed by atoms with Crippen LogP contribution in [0.1, 0.15) is 24.5 Å². The minimum atomic E-state index is -0.0510. The first-order valence-electron chi connectivity index (χ1n) is 8.00. The second-order valence-corrected chi connectivity index (χ2v) is 7.25. The van der Waals surface area contributed by atoms with Gasteiger partial charge in [-0.25, -0.2) is 4.79 Å². The van der Waals surface area contributed by atoms with Gasteiger partial charge in [-0.1, -0.05) is 31.2 Å². The number of carbonyl (C=O) groups is 1. The van der Waals surface area contributed by atoms with E-state index >= 15 is 0 Å². The number of benzene rings is 2. The number of thioether (sulfide) groups is 1. The van der Waals surface area contributed by atoms with E-state index in [4.69, 9.17) is 0 Å². The van der Waals surface area contributed by atoms with Gasteiger partial charge < -0.3 is 5.32 Å². The van der Waals surface area contributed by atoms with Crippen LogP contribution in [-0.2, 0) is 0 Å². The van der Waals surface area contributed by atoms with Crippen LogP contribution >= 0.6 is 11.8 Å². The van der Waals surface area contributed by atoms with Gasteiger partial charge in [0.25, 0.3) is 0 Å². The van der Waals surface area contributed by atoms with E-state index in [2.05, 4.69) is 31.3 Å². The Morgan fingerprint density at radius 2 is 2.00 bits per heavy atom. The molecule has 0 unspecified atom stereocenters. The Morgan fingerprint density at radius 1 is 1.22 bits per heavy atom. The lowest BCUT2D eigenvalue weighted by Crippen LogP contribution is -2.42. The molecule has 0 radical (unpaired) electrons. The van der Waals surface area contributed by atoms with Crippen LogP contribution in [0.3, 0.4) is 0 Å². The summed E-state index contributed by atoms with van der Waals surface area (Å²) in [6, 6.07) is 14.1. The summed E-state index contributed by atoms with van der Waals surface area (Å²) in [5.74, 6) is 0. The zero-order valence-electron chi connectivity index (χ0n) is 13.8. The molecule has 0 saturated heterocycles. The molecule has 0 saturated carbocycles. The largest absolute Gasteiger partial charge is 0.326 e. The van der Waals surface area contributed by atoms with Crippen LogP contribution in [-0.4, -0.2) is 17.8 Å². The predicted octanol–water partition coefficient (Wildman–Crippen LogP) is 5.23. The molecule has 0 bridgehead atoms. The van der Waals surface area contributed by atoms with Gasteiger partial charge >= 0.3 is 6.03 Å². The van der Waals surface area contributed by atoms with Crippen molar-refractivity contribution in [1.82, 2.24) is 0 Å². The maximum absolute atomic E-state index is 12.9. The van der Waals surface area contributed by atoms with Gasteiger partial charge in [0.1, 0.15) is 0 Å². The summed E-state index contributed by atoms with van der Waals surface area (Å²) in [4.78, 5) is 15.9. The Morgan fingerprint density at radius 3 is 2.78 bits per heavy atom. The van der Waals surface area contributed by atoms with Crippen molar-refractivity contribution in [2.45, 2.75) is 37.3 Å². The van der Waals surface area contributed by atoms with Crippen molar-refractivity contribution in [3.05, 3.63) is 53.6 Å². The van der Waals surface area contributed by atoms with Crippen LogP contribution in [0.4, 0.5) is 16.2 Å². The van der Waals surface area contributed by atoms with Gasteiger partial charge in [-0.2, -0.15) is 0 Å². The molecule has 0 fully saturated rings. The Kier molecular flexibility index (Phi) is 4.62. The molecule has 1 N–H and O–H groups in total. The third kappa shape index (κ3) is 3.22. The predicted molar refractivity (Wildman–Crippen MR) is 98.7 cm³/mol. The van der Waals surface area contributed by atoms with E-state index in [1.54, 1.807) is 0 Å². The lowest BCUT2D eigenvalue weighted by Gasteiger charge is -2.33. The fourth-order valence-corrected chi connectivity index (χ4v) is 3.98. The molecule has 23 heavy (non-hydrogen) atoms. The van der Waals surface area contributed by atoms with Crippen molar-refractivity contribution >= 4 is 29.2 Å². The highest BCUT2D eigenvalue weighted by Gasteiger charge is 2.28. The van der Waals surface area contributed by atoms with Crippen LogP contribution in [0, 0.1) is 13.8 Å². The van der Waals surface area contributed by atoms with Gasteiger partial charge in [0.2, 0.25) is 0 Å². The summed E-state index contributed by atoms with van der Waals surface area (Å²) in [5, 5.41) is 3.52. The third-order valence-corrected chi connectivity index (χ3v) is 5.80. The normalized spacial score (nSPS) is 16.8. The molecule has 2 aromatic carbocycles. The number of aryl methyl sites for hydroxylation is 1. The fraction of sp³-hybridized carbons (Fsp3) is 0.316. The summed E-state index contributed by atoms with van der Waals surface area (Å²) in [6.07, 6.45) is 1.05. The summed E-state index contributed by atoms with van der Waals surface area (Å²) < 4.78 is 0. The van der Waals surface area contributed by atoms with Crippen molar-refractivity contribution in [3.63, 3.8) is 0 Å². The van der Waals surface area contributed by atoms with Gasteiger partial charge in [-0.3, -0.25) is 4.90 Å². The Labute approximate surface area is 142 Å². The highest BCUT2D eigenvalue weighted by Crippen LogP contribution is 2.39. The SMILES string of the molecule is CC[C@@H]1CN(C(=O)Nc2cccc(C)c2C)c2ccccc2S1. The molecule has 1 atom stereocenters. The monoisotopic (exact) mass is 326 g/mol. The van der Waals surface area contributed by atoms with E-state index in [0.717, 1.165) is 29.9 Å². The number of carbonyl (C=O) groups excluding carboxylic acids is 1. The number of rotatable bonds is 2. The van der Waals surface area contributed by atoms with Crippen LogP contribution < -0.4 is 10.2 Å². The second kappa shape index (κ2) is 6.67. The molecule has 120 valence electrons. The molecule has 4 heteroatoms. The molecule has 1 aliphatic rings. The minimum Gasteiger partial charge on any atom is -0.307 e. The first-order valence-corrected chi connectivity index (χ1v) is 8.88. The van der Waals surface area contributed by atoms with Gasteiger partial charge in [0.15, 0.2) is 0 Å². The molecular weight excluding hydrogens is 304 g/mol. The molecular formula is C19H22N2OS. The smallest absolute Gasteiger partial charge is 0.307 e. The summed E-state index contributed by atoms with van der Waals surface area (Å²) in [6.45, 7) is 7.02. The number of para-hydroxylation sites is 1. The number of urea groups is 1. The number of hydrogen-bond donors (Lipinski definition) is 1. The number of hydrogen-bond acceptors (Lipinski definition) is 2. The van der Waals surface area contributed by atoms with E-state index in [9.17, 15) is 4.79 Å². The first kappa shape index (κ1) is 15.9. The topological polar surface area (TPSA) is 32.3 Å².